The molecule has 0 bridgehead atoms. The van der Waals surface area contributed by atoms with Gasteiger partial charge in [-0.2, -0.15) is 0 Å². The molecule has 0 saturated heterocycles. The van der Waals surface area contributed by atoms with Crippen LogP contribution in [0.4, 0.5) is 0 Å². The van der Waals surface area contributed by atoms with Crippen molar-refractivity contribution >= 4 is 53.4 Å². The van der Waals surface area contributed by atoms with Crippen LogP contribution in [-0.2, 0) is 29.5 Å². The minimum atomic E-state index is -3.02. The summed E-state index contributed by atoms with van der Waals surface area (Å²) >= 11 is 0. The maximum Gasteiger partial charge on any atom is 0.172 e. The Balaban J connectivity index is 0. The van der Waals surface area contributed by atoms with Gasteiger partial charge in [-0.15, -0.1) is 17.2 Å². The number of sulfone groups is 3. The van der Waals surface area contributed by atoms with Crippen LogP contribution in [0.2, 0.25) is 0 Å². The smallest absolute Gasteiger partial charge is 0.172 e. The Morgan fingerprint density at radius 1 is 0.516 bits per heavy atom. The van der Waals surface area contributed by atoms with Crippen molar-refractivity contribution in [2.45, 2.75) is 0 Å². The van der Waals surface area contributed by atoms with Gasteiger partial charge in [0.05, 0.1) is 14.7 Å². The van der Waals surface area contributed by atoms with E-state index in [0.717, 1.165) is 0 Å². The molecule has 165 valence electrons. The van der Waals surface area contributed by atoms with Gasteiger partial charge in [0.2, 0.25) is 0 Å². The first-order chi connectivity index (χ1) is 13.8. The first kappa shape index (κ1) is 29.4. The predicted molar refractivity (Wildman–Crippen MR) is 128 cm³/mol. The minimum Gasteiger partial charge on any atom is -0.224 e. The van der Waals surface area contributed by atoms with Gasteiger partial charge >= 0.3 is 0 Å². The molecule has 10 heteroatoms. The van der Waals surface area contributed by atoms with Crippen LogP contribution < -0.4 is 0 Å². The summed E-state index contributed by atoms with van der Waals surface area (Å²) in [5.41, 5.74) is 8.22. The number of hydrogen-bond acceptors (Lipinski definition) is 6. The van der Waals surface area contributed by atoms with E-state index in [-0.39, 0.29) is 25.3 Å². The Bertz CT molecular complexity index is 1120. The Labute approximate surface area is 203 Å². The van der Waals surface area contributed by atoms with Crippen molar-refractivity contribution in [3.05, 3.63) is 106 Å². The molecule has 0 heterocycles. The second kappa shape index (κ2) is 13.1. The van der Waals surface area contributed by atoms with Crippen LogP contribution in [0.25, 0.3) is 0 Å². The summed E-state index contributed by atoms with van der Waals surface area (Å²) < 4.78 is 64.9. The summed E-state index contributed by atoms with van der Waals surface area (Å²) in [7, 11) is -9.07. The first-order valence-corrected chi connectivity index (χ1v) is 14.0. The molecule has 0 aromatic carbocycles. The number of hydrogen-bond donors (Lipinski definition) is 0. The van der Waals surface area contributed by atoms with Gasteiger partial charge in [0.25, 0.3) is 0 Å². The molecule has 0 aromatic heterocycles. The average Bonchev–Trinajstić information content (AvgIpc) is 2.69. The molecule has 0 fully saturated rings. The van der Waals surface area contributed by atoms with Crippen molar-refractivity contribution in [3.63, 3.8) is 0 Å². The molecular weight excluding hydrogens is 563 g/mol. The first-order valence-electron chi connectivity index (χ1n) is 8.30. The van der Waals surface area contributed by atoms with E-state index >= 15 is 0 Å². The molecule has 0 amide bonds. The third-order valence-electron chi connectivity index (χ3n) is 3.35. The maximum atomic E-state index is 10.8. The van der Waals surface area contributed by atoms with Crippen LogP contribution in [0, 0.1) is 19.3 Å². The van der Waals surface area contributed by atoms with Crippen LogP contribution in [-0.4, -0.2) is 67.9 Å². The summed E-state index contributed by atoms with van der Waals surface area (Å²) in [6.45, 7) is 0. The Kier molecular flexibility index (Phi) is 12.4. The second-order valence-corrected chi connectivity index (χ2v) is 12.1. The molecular formula is C21H23O6S3Sn. The van der Waals surface area contributed by atoms with Crippen LogP contribution in [0.1, 0.15) is 1.43 Å². The third-order valence-corrected chi connectivity index (χ3v) is 6.73. The molecule has 6 nitrogen and oxygen atoms in total. The molecule has 3 aliphatic carbocycles. The van der Waals surface area contributed by atoms with Crippen molar-refractivity contribution in [1.82, 2.24) is 0 Å². The molecule has 7 radical (unpaired) electrons. The van der Waals surface area contributed by atoms with E-state index < -0.39 is 29.5 Å². The Morgan fingerprint density at radius 3 is 0.839 bits per heavy atom. The van der Waals surface area contributed by atoms with Gasteiger partial charge in [0.1, 0.15) is 0 Å². The largest absolute Gasteiger partial charge is 0.224 e. The second-order valence-electron chi connectivity index (χ2n) is 6.02. The molecule has 0 spiro atoms. The molecule has 0 unspecified atom stereocenters. The van der Waals surface area contributed by atoms with E-state index in [1.807, 2.05) is 0 Å². The van der Waals surface area contributed by atoms with Crippen LogP contribution >= 0.6 is 0 Å². The van der Waals surface area contributed by atoms with Crippen molar-refractivity contribution < 1.29 is 26.7 Å². The molecule has 3 aliphatic rings. The minimum absolute atomic E-state index is 0. The fraction of sp³-hybridized carbons (Fsp3) is 0.143. The van der Waals surface area contributed by atoms with Gasteiger partial charge < -0.3 is 0 Å². The molecule has 3 rings (SSSR count). The van der Waals surface area contributed by atoms with E-state index in [4.69, 9.17) is 0 Å². The average molecular weight is 586 g/mol. The monoisotopic (exact) mass is 587 g/mol. The van der Waals surface area contributed by atoms with Gasteiger partial charge in [-0.1, -0.05) is 0 Å². The molecule has 0 aliphatic heterocycles. The van der Waals surface area contributed by atoms with Crippen molar-refractivity contribution in [2.24, 2.45) is 0 Å². The normalized spacial score (nSPS) is 16.5. The summed E-state index contributed by atoms with van der Waals surface area (Å²) in [5.74, 6) is 0. The van der Waals surface area contributed by atoms with Crippen molar-refractivity contribution in [1.29, 1.82) is 0 Å². The van der Waals surface area contributed by atoms with Gasteiger partial charge in [-0.25, -0.2) is 25.3 Å². The van der Waals surface area contributed by atoms with E-state index in [0.29, 0.717) is 14.7 Å². The fourth-order valence-electron chi connectivity index (χ4n) is 1.86. The van der Waals surface area contributed by atoms with E-state index in [1.165, 1.54) is 56.3 Å². The number of allylic oxidation sites excluding steroid dienone is 9. The summed E-state index contributed by atoms with van der Waals surface area (Å²) in [4.78, 5) is 1.02. The van der Waals surface area contributed by atoms with Crippen LogP contribution in [0.3, 0.4) is 0 Å². The SMILES string of the molecule is CS(=O)(=O)C1=CC=C=C[CH]1.CS(=O)(=O)C1=CC=C=C[CH]1.CS(=O)(=O)C1=CC=C=C[CH]1.[HH].[Sn]. The van der Waals surface area contributed by atoms with Gasteiger partial charge in [-0.3, -0.25) is 0 Å². The summed E-state index contributed by atoms with van der Waals surface area (Å²) in [5, 5.41) is 0. The van der Waals surface area contributed by atoms with Gasteiger partial charge in [0.15, 0.2) is 29.5 Å². The van der Waals surface area contributed by atoms with E-state index in [1.54, 1.807) is 36.5 Å². The maximum absolute atomic E-state index is 10.8. The predicted octanol–water partition coefficient (Wildman–Crippen LogP) is 2.40. The summed E-state index contributed by atoms with van der Waals surface area (Å²) in [6.07, 6.45) is 22.2. The van der Waals surface area contributed by atoms with Gasteiger partial charge in [-0.05, 0) is 54.7 Å². The molecule has 0 saturated carbocycles. The zero-order valence-corrected chi connectivity index (χ0v) is 22.4. The van der Waals surface area contributed by atoms with E-state index in [9.17, 15) is 25.3 Å². The zero-order valence-electron chi connectivity index (χ0n) is 17.1. The zero-order chi connectivity index (χ0) is 22.8. The number of rotatable bonds is 3. The van der Waals surface area contributed by atoms with E-state index in [2.05, 4.69) is 17.2 Å². The Hall–Kier alpha value is -1.57. The molecule has 31 heavy (non-hydrogen) atoms. The quantitative estimate of drug-likeness (QED) is 0.372. The van der Waals surface area contributed by atoms with Crippen LogP contribution in [0.5, 0.6) is 0 Å². The van der Waals surface area contributed by atoms with Crippen molar-refractivity contribution in [2.75, 3.05) is 18.8 Å². The van der Waals surface area contributed by atoms with Gasteiger partial charge in [0, 0.05) is 63.4 Å². The van der Waals surface area contributed by atoms with Crippen LogP contribution in [0.15, 0.2) is 86.6 Å². The third kappa shape index (κ3) is 12.1. The molecule has 0 aromatic rings. The standard InChI is InChI=1S/3C7H7O2S.Sn.H2/c3*1-10(8,9)7-5-3-2-4-6-7;;/h3*3-6H,1H3;;1H. The molecule has 0 N–H and O–H groups in total. The molecule has 0 atom stereocenters. The fourth-order valence-corrected chi connectivity index (χ4v) is 3.75. The Morgan fingerprint density at radius 2 is 0.742 bits per heavy atom. The summed E-state index contributed by atoms with van der Waals surface area (Å²) in [6, 6.07) is 0. The topological polar surface area (TPSA) is 102 Å². The van der Waals surface area contributed by atoms with Crippen molar-refractivity contribution in [3.8, 4) is 0 Å².